The Labute approximate surface area is 132 Å². The summed E-state index contributed by atoms with van der Waals surface area (Å²) in [6, 6.07) is 19.7. The number of benzene rings is 2. The number of aliphatic hydroxyl groups is 2. The van der Waals surface area contributed by atoms with E-state index in [9.17, 15) is 10.2 Å². The average molecular weight is 308 g/mol. The number of halogens is 1. The van der Waals surface area contributed by atoms with Crippen LogP contribution in [0.3, 0.4) is 0 Å². The van der Waals surface area contributed by atoms with Crippen molar-refractivity contribution in [3.8, 4) is 0 Å². The van der Waals surface area contributed by atoms with Crippen LogP contribution in [0.15, 0.2) is 60.7 Å². The van der Waals surface area contributed by atoms with Crippen LogP contribution in [0.1, 0.15) is 17.2 Å². The topological polar surface area (TPSA) is 43.7 Å². The minimum atomic E-state index is -0.536. The highest BCUT2D eigenvalue weighted by Gasteiger charge is 2.13. The summed E-state index contributed by atoms with van der Waals surface area (Å²) in [5, 5.41) is 19.4. The van der Waals surface area contributed by atoms with Crippen LogP contribution in [0.5, 0.6) is 0 Å². The van der Waals surface area contributed by atoms with Gasteiger partial charge in [0.25, 0.3) is 0 Å². The maximum atomic E-state index is 10.3. The summed E-state index contributed by atoms with van der Waals surface area (Å²) in [5.41, 5.74) is 2.09. The summed E-state index contributed by atoms with van der Waals surface area (Å²) in [6.07, 6.45) is -0.536. The van der Waals surface area contributed by atoms with E-state index in [1.165, 1.54) is 5.56 Å². The Balaban J connectivity index is 0.00000220. The molecule has 4 heteroatoms. The number of hydrogen-bond acceptors (Lipinski definition) is 3. The first kappa shape index (κ1) is 17.7. The molecular weight excluding hydrogens is 286 g/mol. The minimum absolute atomic E-state index is 0. The van der Waals surface area contributed by atoms with Gasteiger partial charge >= 0.3 is 0 Å². The summed E-state index contributed by atoms with van der Waals surface area (Å²) in [6.45, 7) is 1.89. The van der Waals surface area contributed by atoms with Crippen LogP contribution < -0.4 is 0 Å². The zero-order valence-corrected chi connectivity index (χ0v) is 12.7. The predicted octanol–water partition coefficient (Wildman–Crippen LogP) is 2.64. The lowest BCUT2D eigenvalue weighted by molar-refractivity contribution is 0.0957. The van der Waals surface area contributed by atoms with E-state index in [2.05, 4.69) is 17.0 Å². The lowest BCUT2D eigenvalue weighted by Gasteiger charge is -2.24. The van der Waals surface area contributed by atoms with Crippen LogP contribution in [-0.4, -0.2) is 34.8 Å². The molecule has 0 aliphatic rings. The molecule has 0 saturated carbocycles. The number of rotatable bonds is 7. The van der Waals surface area contributed by atoms with Gasteiger partial charge in [0.05, 0.1) is 12.7 Å². The smallest absolute Gasteiger partial charge is 0.0917 e. The highest BCUT2D eigenvalue weighted by Crippen LogP contribution is 2.15. The second-order valence-corrected chi connectivity index (χ2v) is 4.87. The van der Waals surface area contributed by atoms with Crippen LogP contribution in [0.2, 0.25) is 0 Å². The van der Waals surface area contributed by atoms with Crippen molar-refractivity contribution in [3.05, 3.63) is 71.8 Å². The quantitative estimate of drug-likeness (QED) is 0.826. The van der Waals surface area contributed by atoms with Crippen molar-refractivity contribution < 1.29 is 10.2 Å². The minimum Gasteiger partial charge on any atom is -0.395 e. The van der Waals surface area contributed by atoms with Crippen molar-refractivity contribution >= 4 is 12.4 Å². The second kappa shape index (κ2) is 9.53. The second-order valence-electron chi connectivity index (χ2n) is 4.87. The van der Waals surface area contributed by atoms with Gasteiger partial charge in [-0.05, 0) is 11.1 Å². The van der Waals surface area contributed by atoms with Gasteiger partial charge in [0.2, 0.25) is 0 Å². The van der Waals surface area contributed by atoms with Crippen molar-refractivity contribution in [2.75, 3.05) is 19.7 Å². The molecule has 1 atom stereocenters. The Morgan fingerprint density at radius 3 is 2.05 bits per heavy atom. The van der Waals surface area contributed by atoms with Crippen molar-refractivity contribution in [2.24, 2.45) is 0 Å². The molecule has 0 spiro atoms. The molecule has 0 aliphatic carbocycles. The lowest BCUT2D eigenvalue weighted by Crippen LogP contribution is -2.31. The molecule has 3 nitrogen and oxygen atoms in total. The van der Waals surface area contributed by atoms with E-state index in [0.717, 1.165) is 12.1 Å². The number of nitrogens with zero attached hydrogens (tertiary/aromatic N) is 1. The fraction of sp³-hybridized carbons (Fsp3) is 0.294. The Hall–Kier alpha value is -1.39. The highest BCUT2D eigenvalue weighted by molar-refractivity contribution is 5.85. The molecule has 0 heterocycles. The van der Waals surface area contributed by atoms with Gasteiger partial charge in [-0.2, -0.15) is 0 Å². The maximum absolute atomic E-state index is 10.3. The Morgan fingerprint density at radius 1 is 0.905 bits per heavy atom. The Kier molecular flexibility index (Phi) is 8.01. The fourth-order valence-corrected chi connectivity index (χ4v) is 2.24. The average Bonchev–Trinajstić information content (AvgIpc) is 2.49. The summed E-state index contributed by atoms with van der Waals surface area (Å²) < 4.78 is 0. The molecule has 0 saturated heterocycles. The Morgan fingerprint density at radius 2 is 1.48 bits per heavy atom. The third-order valence-corrected chi connectivity index (χ3v) is 3.28. The third-order valence-electron chi connectivity index (χ3n) is 3.28. The lowest BCUT2D eigenvalue weighted by atomic mass is 10.1. The molecule has 2 N–H and O–H groups in total. The molecule has 21 heavy (non-hydrogen) atoms. The van der Waals surface area contributed by atoms with Crippen LogP contribution in [0, 0.1) is 0 Å². The van der Waals surface area contributed by atoms with Crippen molar-refractivity contribution in [3.63, 3.8) is 0 Å². The SMILES string of the molecule is Cl.OCCN(Cc1ccccc1)C[C@H](O)c1ccccc1. The van der Waals surface area contributed by atoms with E-state index in [1.807, 2.05) is 48.5 Å². The van der Waals surface area contributed by atoms with Crippen molar-refractivity contribution in [1.29, 1.82) is 0 Å². The van der Waals surface area contributed by atoms with Crippen LogP contribution >= 0.6 is 12.4 Å². The molecule has 0 aliphatic heterocycles. The summed E-state index contributed by atoms with van der Waals surface area (Å²) in [5.74, 6) is 0. The maximum Gasteiger partial charge on any atom is 0.0917 e. The fourth-order valence-electron chi connectivity index (χ4n) is 2.24. The zero-order chi connectivity index (χ0) is 14.2. The summed E-state index contributed by atoms with van der Waals surface area (Å²) in [7, 11) is 0. The van der Waals surface area contributed by atoms with E-state index in [-0.39, 0.29) is 19.0 Å². The summed E-state index contributed by atoms with van der Waals surface area (Å²) in [4.78, 5) is 2.06. The van der Waals surface area contributed by atoms with Crippen LogP contribution in [0.25, 0.3) is 0 Å². The molecule has 0 aromatic heterocycles. The van der Waals surface area contributed by atoms with E-state index < -0.39 is 6.10 Å². The van der Waals surface area contributed by atoms with Crippen molar-refractivity contribution in [1.82, 2.24) is 4.90 Å². The van der Waals surface area contributed by atoms with Gasteiger partial charge < -0.3 is 10.2 Å². The zero-order valence-electron chi connectivity index (χ0n) is 11.9. The molecule has 2 aromatic carbocycles. The van der Waals surface area contributed by atoms with Gasteiger partial charge in [0, 0.05) is 19.6 Å². The van der Waals surface area contributed by atoms with Gasteiger partial charge in [-0.15, -0.1) is 12.4 Å². The van der Waals surface area contributed by atoms with Crippen LogP contribution in [0.4, 0.5) is 0 Å². The molecule has 2 aromatic rings. The normalized spacial score (nSPS) is 12.0. The van der Waals surface area contributed by atoms with Gasteiger partial charge in [0.15, 0.2) is 0 Å². The Bertz CT molecular complexity index is 493. The third kappa shape index (κ3) is 5.86. The highest BCUT2D eigenvalue weighted by atomic mass is 35.5. The molecule has 0 bridgehead atoms. The first-order chi connectivity index (χ1) is 9.79. The molecule has 114 valence electrons. The van der Waals surface area contributed by atoms with Gasteiger partial charge in [0.1, 0.15) is 0 Å². The molecule has 0 radical (unpaired) electrons. The molecule has 2 rings (SSSR count). The molecule has 0 amide bonds. The van der Waals surface area contributed by atoms with Gasteiger partial charge in [-0.25, -0.2) is 0 Å². The number of hydrogen-bond donors (Lipinski definition) is 2. The van der Waals surface area contributed by atoms with E-state index in [1.54, 1.807) is 0 Å². The molecule has 0 fully saturated rings. The van der Waals surface area contributed by atoms with Crippen molar-refractivity contribution in [2.45, 2.75) is 12.6 Å². The largest absolute Gasteiger partial charge is 0.395 e. The van der Waals surface area contributed by atoms with E-state index in [0.29, 0.717) is 13.1 Å². The summed E-state index contributed by atoms with van der Waals surface area (Å²) >= 11 is 0. The monoisotopic (exact) mass is 307 g/mol. The first-order valence-electron chi connectivity index (χ1n) is 6.89. The molecule has 0 unspecified atom stereocenters. The van der Waals surface area contributed by atoms with Gasteiger partial charge in [-0.3, -0.25) is 4.90 Å². The standard InChI is InChI=1S/C17H21NO2.ClH/c19-12-11-18(13-15-7-3-1-4-8-15)14-17(20)16-9-5-2-6-10-16;/h1-10,17,19-20H,11-14H2;1H/t17-;/m0./s1. The number of aliphatic hydroxyl groups excluding tert-OH is 2. The van der Waals surface area contributed by atoms with Crippen LogP contribution in [-0.2, 0) is 6.54 Å². The van der Waals surface area contributed by atoms with E-state index >= 15 is 0 Å². The molecular formula is C17H22ClNO2. The van der Waals surface area contributed by atoms with E-state index in [4.69, 9.17) is 0 Å². The predicted molar refractivity (Wildman–Crippen MR) is 87.5 cm³/mol. The van der Waals surface area contributed by atoms with Gasteiger partial charge in [-0.1, -0.05) is 60.7 Å². The first-order valence-corrected chi connectivity index (χ1v) is 6.89.